The molecule has 2 rings (SSSR count). The van der Waals surface area contributed by atoms with E-state index in [0.717, 1.165) is 5.56 Å². The van der Waals surface area contributed by atoms with Crippen LogP contribution in [0.4, 0.5) is 0 Å². The fraction of sp³-hybridized carbons (Fsp3) is 0.111. The fourth-order valence-corrected chi connectivity index (χ4v) is 1.42. The van der Waals surface area contributed by atoms with Crippen molar-refractivity contribution in [2.24, 2.45) is 20.4 Å². The fourth-order valence-electron chi connectivity index (χ4n) is 0.937. The minimum Gasteiger partial charge on any atom is -0.408 e. The highest BCUT2D eigenvalue weighted by Crippen LogP contribution is 2.08. The lowest BCUT2D eigenvalue weighted by atomic mass is 10.2. The SMILES string of the molecule is Cc1ccc(S(=O)(=O)O)cc1.ON=C1N=CN=N1. The summed E-state index contributed by atoms with van der Waals surface area (Å²) in [6, 6.07) is 5.99. The van der Waals surface area contributed by atoms with Crippen molar-refractivity contribution in [3.8, 4) is 0 Å². The highest BCUT2D eigenvalue weighted by molar-refractivity contribution is 7.85. The van der Waals surface area contributed by atoms with Crippen molar-refractivity contribution in [2.75, 3.05) is 0 Å². The van der Waals surface area contributed by atoms with E-state index in [4.69, 9.17) is 9.76 Å². The van der Waals surface area contributed by atoms with Crippen molar-refractivity contribution in [1.82, 2.24) is 0 Å². The van der Waals surface area contributed by atoms with E-state index >= 15 is 0 Å². The zero-order valence-electron chi connectivity index (χ0n) is 9.29. The lowest BCUT2D eigenvalue weighted by Gasteiger charge is -1.95. The Morgan fingerprint density at radius 3 is 2.17 bits per heavy atom. The van der Waals surface area contributed by atoms with Crippen molar-refractivity contribution in [2.45, 2.75) is 11.8 Å². The standard InChI is InChI=1S/C7H8O3S.C2H2N4O/c1-6-2-4-7(5-3-6)11(8,9)10;7-6-2-3-1-4-5-2/h2-5H,1H3,(H,8,9,10);1,7H. The maximum absolute atomic E-state index is 10.5. The Bertz CT molecular complexity index is 575. The Labute approximate surface area is 103 Å². The molecule has 18 heavy (non-hydrogen) atoms. The molecular formula is C9H10N4O4S. The zero-order chi connectivity index (χ0) is 13.6. The van der Waals surface area contributed by atoms with Gasteiger partial charge in [0.15, 0.2) is 0 Å². The van der Waals surface area contributed by atoms with Gasteiger partial charge in [-0.25, -0.2) is 0 Å². The summed E-state index contributed by atoms with van der Waals surface area (Å²) in [4.78, 5) is 3.33. The molecule has 9 heteroatoms. The van der Waals surface area contributed by atoms with Crippen LogP contribution >= 0.6 is 0 Å². The Morgan fingerprint density at radius 1 is 1.22 bits per heavy atom. The monoisotopic (exact) mass is 270 g/mol. The number of aliphatic imine (C=N–C) groups is 1. The first-order chi connectivity index (χ1) is 8.43. The highest BCUT2D eigenvalue weighted by Gasteiger charge is 2.06. The van der Waals surface area contributed by atoms with Gasteiger partial charge in [-0.05, 0) is 24.2 Å². The second kappa shape index (κ2) is 5.98. The van der Waals surface area contributed by atoms with Crippen molar-refractivity contribution >= 4 is 22.4 Å². The molecular weight excluding hydrogens is 260 g/mol. The van der Waals surface area contributed by atoms with Gasteiger partial charge >= 0.3 is 5.96 Å². The van der Waals surface area contributed by atoms with E-state index in [2.05, 4.69) is 20.4 Å². The summed E-state index contributed by atoms with van der Waals surface area (Å²) in [5, 5.41) is 17.1. The number of hydrogen-bond acceptors (Lipinski definition) is 5. The van der Waals surface area contributed by atoms with Gasteiger partial charge in [-0.2, -0.15) is 13.4 Å². The molecule has 8 nitrogen and oxygen atoms in total. The molecule has 0 aromatic heterocycles. The third-order valence-corrected chi connectivity index (χ3v) is 2.65. The van der Waals surface area contributed by atoms with Crippen molar-refractivity contribution in [1.29, 1.82) is 0 Å². The molecule has 0 aliphatic carbocycles. The van der Waals surface area contributed by atoms with E-state index in [9.17, 15) is 8.42 Å². The van der Waals surface area contributed by atoms with Gasteiger partial charge in [0.05, 0.1) is 4.90 Å². The van der Waals surface area contributed by atoms with Crippen LogP contribution in [0.15, 0.2) is 49.5 Å². The van der Waals surface area contributed by atoms with Gasteiger partial charge in [0.1, 0.15) is 6.34 Å². The smallest absolute Gasteiger partial charge is 0.305 e. The summed E-state index contributed by atoms with van der Waals surface area (Å²) < 4.78 is 29.6. The van der Waals surface area contributed by atoms with Crippen LogP contribution in [-0.2, 0) is 10.1 Å². The molecule has 0 fully saturated rings. The number of azo groups is 1. The van der Waals surface area contributed by atoms with Gasteiger partial charge in [0, 0.05) is 0 Å². The average Bonchev–Trinajstić information content (AvgIpc) is 2.82. The van der Waals surface area contributed by atoms with Crippen LogP contribution in [0, 0.1) is 6.92 Å². The maximum atomic E-state index is 10.5. The molecule has 0 spiro atoms. The third kappa shape index (κ3) is 4.39. The van der Waals surface area contributed by atoms with E-state index in [-0.39, 0.29) is 10.9 Å². The zero-order valence-corrected chi connectivity index (χ0v) is 10.1. The predicted octanol–water partition coefficient (Wildman–Crippen LogP) is 1.47. The van der Waals surface area contributed by atoms with E-state index < -0.39 is 10.1 Å². The lowest BCUT2D eigenvalue weighted by molar-refractivity contribution is 0.317. The Kier molecular flexibility index (Phi) is 4.63. The Balaban J connectivity index is 0.000000199. The van der Waals surface area contributed by atoms with Crippen LogP contribution in [0.3, 0.4) is 0 Å². The van der Waals surface area contributed by atoms with Gasteiger partial charge < -0.3 is 5.21 Å². The Hall–Kier alpha value is -2.13. The topological polar surface area (TPSA) is 124 Å². The summed E-state index contributed by atoms with van der Waals surface area (Å²) in [5.41, 5.74) is 0.956. The van der Waals surface area contributed by atoms with Gasteiger partial charge in [0.2, 0.25) is 0 Å². The molecule has 0 saturated carbocycles. The Morgan fingerprint density at radius 2 is 1.83 bits per heavy atom. The number of hydrogen-bond donors (Lipinski definition) is 2. The molecule has 0 saturated heterocycles. The summed E-state index contributed by atoms with van der Waals surface area (Å²) in [7, 11) is -4.02. The second-order valence-corrected chi connectivity index (χ2v) is 4.57. The quantitative estimate of drug-likeness (QED) is 0.455. The van der Waals surface area contributed by atoms with Gasteiger partial charge in [0.25, 0.3) is 10.1 Å². The number of nitrogens with zero attached hydrogens (tertiary/aromatic N) is 4. The maximum Gasteiger partial charge on any atom is 0.305 e. The minimum absolute atomic E-state index is 0.000000000000000222. The number of aryl methyl sites for hydroxylation is 1. The molecule has 0 unspecified atom stereocenters. The first-order valence-corrected chi connectivity index (χ1v) is 6.07. The normalized spacial score (nSPS) is 15.6. The van der Waals surface area contributed by atoms with Gasteiger partial charge in [-0.15, -0.1) is 10.2 Å². The van der Waals surface area contributed by atoms with Crippen molar-refractivity contribution in [3.05, 3.63) is 29.8 Å². The van der Waals surface area contributed by atoms with Crippen molar-refractivity contribution < 1.29 is 18.2 Å². The van der Waals surface area contributed by atoms with Gasteiger partial charge in [-0.1, -0.05) is 17.7 Å². The van der Waals surface area contributed by atoms with Gasteiger partial charge in [-0.3, -0.25) is 4.55 Å². The van der Waals surface area contributed by atoms with Crippen molar-refractivity contribution in [3.63, 3.8) is 0 Å². The molecule has 1 aromatic carbocycles. The third-order valence-electron chi connectivity index (χ3n) is 1.78. The largest absolute Gasteiger partial charge is 0.408 e. The van der Waals surface area contributed by atoms with Crippen LogP contribution in [0.5, 0.6) is 0 Å². The minimum atomic E-state index is -4.02. The number of rotatable bonds is 1. The first-order valence-electron chi connectivity index (χ1n) is 4.63. The summed E-state index contributed by atoms with van der Waals surface area (Å²) in [6.07, 6.45) is 1.20. The number of oxime groups is 1. The molecule has 0 radical (unpaired) electrons. The molecule has 2 N–H and O–H groups in total. The van der Waals surface area contributed by atoms with Crippen LogP contribution in [0.1, 0.15) is 5.56 Å². The molecule has 96 valence electrons. The number of benzene rings is 1. The average molecular weight is 270 g/mol. The van der Waals surface area contributed by atoms with Crippen LogP contribution in [0.25, 0.3) is 0 Å². The van der Waals surface area contributed by atoms with Crippen LogP contribution in [-0.4, -0.2) is 30.5 Å². The highest BCUT2D eigenvalue weighted by atomic mass is 32.2. The van der Waals surface area contributed by atoms with Crippen LogP contribution in [0.2, 0.25) is 0 Å². The van der Waals surface area contributed by atoms with E-state index in [1.165, 1.54) is 18.5 Å². The second-order valence-electron chi connectivity index (χ2n) is 3.15. The molecule has 0 bridgehead atoms. The lowest BCUT2D eigenvalue weighted by Crippen LogP contribution is -1.96. The molecule has 0 amide bonds. The molecule has 0 atom stereocenters. The predicted molar refractivity (Wildman–Crippen MR) is 63.6 cm³/mol. The summed E-state index contributed by atoms with van der Waals surface area (Å²) in [5.74, 6) is 0.000000000000000222. The van der Waals surface area contributed by atoms with Crippen LogP contribution < -0.4 is 0 Å². The van der Waals surface area contributed by atoms with E-state index in [1.54, 1.807) is 12.1 Å². The van der Waals surface area contributed by atoms with E-state index in [1.807, 2.05) is 6.92 Å². The van der Waals surface area contributed by atoms with E-state index in [0.29, 0.717) is 0 Å². The summed E-state index contributed by atoms with van der Waals surface area (Å²) in [6.45, 7) is 1.84. The molecule has 1 aliphatic rings. The first kappa shape index (κ1) is 13.9. The molecule has 1 aromatic rings. The molecule has 1 heterocycles. The summed E-state index contributed by atoms with van der Waals surface area (Å²) >= 11 is 0. The molecule has 1 aliphatic heterocycles. The number of guanidine groups is 1.